The van der Waals surface area contributed by atoms with E-state index >= 15 is 0 Å². The van der Waals surface area contributed by atoms with Crippen LogP contribution in [-0.2, 0) is 16.0 Å². The maximum atomic E-state index is 13.2. The second-order valence-corrected chi connectivity index (χ2v) is 7.58. The Hall–Kier alpha value is -1.39. The maximum Gasteiger partial charge on any atom is 0.230 e. The fourth-order valence-corrected chi connectivity index (χ4v) is 4.74. The van der Waals surface area contributed by atoms with Crippen LogP contribution in [0.3, 0.4) is 0 Å². The van der Waals surface area contributed by atoms with Crippen LogP contribution in [0.1, 0.15) is 36.8 Å². The van der Waals surface area contributed by atoms with E-state index in [9.17, 15) is 4.79 Å². The Labute approximate surface area is 144 Å². The number of carbonyl (C=O) groups is 1. The molecule has 0 saturated carbocycles. The lowest BCUT2D eigenvalue weighted by Crippen LogP contribution is -2.47. The molecule has 1 aromatic rings. The second-order valence-electron chi connectivity index (χ2n) is 7.58. The zero-order valence-electron chi connectivity index (χ0n) is 14.6. The van der Waals surface area contributed by atoms with Gasteiger partial charge in [-0.1, -0.05) is 31.2 Å². The van der Waals surface area contributed by atoms with E-state index in [4.69, 9.17) is 4.74 Å². The molecular formula is C20H28N2O2. The Morgan fingerprint density at radius 2 is 1.96 bits per heavy atom. The average molecular weight is 328 g/mol. The van der Waals surface area contributed by atoms with Crippen molar-refractivity contribution in [1.82, 2.24) is 9.80 Å². The summed E-state index contributed by atoms with van der Waals surface area (Å²) in [5, 5.41) is 0. The molecule has 130 valence electrons. The fourth-order valence-electron chi connectivity index (χ4n) is 4.74. The Morgan fingerprint density at radius 1 is 1.17 bits per heavy atom. The molecule has 0 bridgehead atoms. The van der Waals surface area contributed by atoms with Crippen LogP contribution in [0, 0.1) is 5.92 Å². The minimum absolute atomic E-state index is 0.0746. The van der Waals surface area contributed by atoms with E-state index in [1.165, 1.54) is 11.1 Å². The Morgan fingerprint density at radius 3 is 2.79 bits per heavy atom. The molecule has 4 rings (SSSR count). The maximum absolute atomic E-state index is 13.2. The smallest absolute Gasteiger partial charge is 0.230 e. The molecule has 4 heteroatoms. The first-order valence-electron chi connectivity index (χ1n) is 9.42. The molecule has 0 aromatic heterocycles. The number of fused-ring (bicyclic) bond motifs is 1. The summed E-state index contributed by atoms with van der Waals surface area (Å²) in [5.41, 5.74) is 2.65. The monoisotopic (exact) mass is 328 g/mol. The first-order valence-corrected chi connectivity index (χ1v) is 9.42. The van der Waals surface area contributed by atoms with E-state index in [0.29, 0.717) is 17.9 Å². The summed E-state index contributed by atoms with van der Waals surface area (Å²) in [6, 6.07) is 9.02. The van der Waals surface area contributed by atoms with Gasteiger partial charge in [-0.25, -0.2) is 0 Å². The number of hydrogen-bond acceptors (Lipinski definition) is 3. The van der Waals surface area contributed by atoms with Crippen LogP contribution in [0.25, 0.3) is 0 Å². The van der Waals surface area contributed by atoms with Crippen molar-refractivity contribution in [3.05, 3.63) is 35.4 Å². The molecule has 2 saturated heterocycles. The van der Waals surface area contributed by atoms with Crippen molar-refractivity contribution in [1.29, 1.82) is 0 Å². The second kappa shape index (κ2) is 6.85. The lowest BCUT2D eigenvalue weighted by atomic mass is 9.82. The van der Waals surface area contributed by atoms with Crippen LogP contribution in [0.5, 0.6) is 0 Å². The van der Waals surface area contributed by atoms with E-state index in [0.717, 1.165) is 58.7 Å². The SMILES string of the molecule is C[C@@H]1CN(C(=O)[C@H]2CCCc3ccccc32)C[C@H]1N1CCOCC1. The number of rotatable bonds is 2. The van der Waals surface area contributed by atoms with E-state index < -0.39 is 0 Å². The standard InChI is InChI=1S/C20H28N2O2/c1-15-13-22(14-19(15)21-9-11-24-12-10-21)20(23)18-8-4-6-16-5-2-3-7-17(16)18/h2-3,5,7,15,18-19H,4,6,8-14H2,1H3/t15-,18+,19-/m1/s1. The van der Waals surface area contributed by atoms with Crippen molar-refractivity contribution in [3.63, 3.8) is 0 Å². The molecule has 1 aliphatic carbocycles. The van der Waals surface area contributed by atoms with Crippen LogP contribution in [0.4, 0.5) is 0 Å². The van der Waals surface area contributed by atoms with Gasteiger partial charge < -0.3 is 9.64 Å². The van der Waals surface area contributed by atoms with Gasteiger partial charge in [-0.3, -0.25) is 9.69 Å². The highest BCUT2D eigenvalue weighted by Gasteiger charge is 2.39. The van der Waals surface area contributed by atoms with Gasteiger partial charge in [0.05, 0.1) is 19.1 Å². The average Bonchev–Trinajstić information content (AvgIpc) is 3.03. The van der Waals surface area contributed by atoms with Crippen LogP contribution in [0.2, 0.25) is 0 Å². The number of hydrogen-bond donors (Lipinski definition) is 0. The van der Waals surface area contributed by atoms with Gasteiger partial charge in [0.2, 0.25) is 5.91 Å². The minimum Gasteiger partial charge on any atom is -0.379 e. The number of nitrogens with zero attached hydrogens (tertiary/aromatic N) is 2. The number of aryl methyl sites for hydroxylation is 1. The van der Waals surface area contributed by atoms with E-state index in [1.807, 2.05) is 0 Å². The van der Waals surface area contributed by atoms with Gasteiger partial charge in [-0.05, 0) is 36.3 Å². The van der Waals surface area contributed by atoms with Crippen molar-refractivity contribution in [2.24, 2.45) is 5.92 Å². The highest BCUT2D eigenvalue weighted by Crippen LogP contribution is 2.34. The highest BCUT2D eigenvalue weighted by molar-refractivity contribution is 5.84. The normalized spacial score (nSPS) is 31.0. The quantitative estimate of drug-likeness (QED) is 0.835. The molecule has 1 amide bonds. The summed E-state index contributed by atoms with van der Waals surface area (Å²) in [5.74, 6) is 0.973. The molecule has 0 radical (unpaired) electrons. The van der Waals surface area contributed by atoms with Gasteiger partial charge in [0.1, 0.15) is 0 Å². The highest BCUT2D eigenvalue weighted by atomic mass is 16.5. The Kier molecular flexibility index (Phi) is 4.59. The lowest BCUT2D eigenvalue weighted by molar-refractivity contribution is -0.132. The number of likely N-dealkylation sites (tertiary alicyclic amines) is 1. The largest absolute Gasteiger partial charge is 0.379 e. The van der Waals surface area contributed by atoms with Gasteiger partial charge >= 0.3 is 0 Å². The van der Waals surface area contributed by atoms with Gasteiger partial charge in [-0.15, -0.1) is 0 Å². The predicted molar refractivity (Wildman–Crippen MR) is 94.0 cm³/mol. The molecule has 24 heavy (non-hydrogen) atoms. The number of ether oxygens (including phenoxy) is 1. The zero-order chi connectivity index (χ0) is 16.5. The fraction of sp³-hybridized carbons (Fsp3) is 0.650. The van der Waals surface area contributed by atoms with Gasteiger partial charge in [0.25, 0.3) is 0 Å². The summed E-state index contributed by atoms with van der Waals surface area (Å²) in [6.45, 7) is 7.74. The van der Waals surface area contributed by atoms with Crippen molar-refractivity contribution in [2.45, 2.75) is 38.1 Å². The Bertz CT molecular complexity index is 597. The minimum atomic E-state index is 0.0746. The molecule has 3 aliphatic rings. The summed E-state index contributed by atoms with van der Waals surface area (Å²) >= 11 is 0. The van der Waals surface area contributed by atoms with Crippen LogP contribution < -0.4 is 0 Å². The number of carbonyl (C=O) groups excluding carboxylic acids is 1. The zero-order valence-corrected chi connectivity index (χ0v) is 14.6. The van der Waals surface area contributed by atoms with Gasteiger partial charge in [0, 0.05) is 32.2 Å². The molecule has 2 aliphatic heterocycles. The molecule has 1 aromatic carbocycles. The molecule has 3 atom stereocenters. The van der Waals surface area contributed by atoms with Crippen LogP contribution in [-0.4, -0.2) is 61.1 Å². The first kappa shape index (κ1) is 16.1. The summed E-state index contributed by atoms with van der Waals surface area (Å²) < 4.78 is 5.48. The topological polar surface area (TPSA) is 32.8 Å². The molecule has 0 spiro atoms. The summed E-state index contributed by atoms with van der Waals surface area (Å²) in [4.78, 5) is 17.9. The van der Waals surface area contributed by atoms with Crippen molar-refractivity contribution in [2.75, 3.05) is 39.4 Å². The lowest BCUT2D eigenvalue weighted by Gasteiger charge is -2.34. The molecular weight excluding hydrogens is 300 g/mol. The third-order valence-electron chi connectivity index (χ3n) is 6.07. The molecule has 2 heterocycles. The number of benzene rings is 1. The van der Waals surface area contributed by atoms with Crippen LogP contribution >= 0.6 is 0 Å². The van der Waals surface area contributed by atoms with E-state index in [1.54, 1.807) is 0 Å². The van der Waals surface area contributed by atoms with E-state index in [-0.39, 0.29) is 5.92 Å². The van der Waals surface area contributed by atoms with Crippen molar-refractivity contribution in [3.8, 4) is 0 Å². The molecule has 2 fully saturated rings. The van der Waals surface area contributed by atoms with Gasteiger partial charge in [0.15, 0.2) is 0 Å². The molecule has 0 unspecified atom stereocenters. The Balaban J connectivity index is 1.48. The van der Waals surface area contributed by atoms with Gasteiger partial charge in [-0.2, -0.15) is 0 Å². The summed E-state index contributed by atoms with van der Waals surface area (Å²) in [7, 11) is 0. The molecule has 4 nitrogen and oxygen atoms in total. The number of amides is 1. The van der Waals surface area contributed by atoms with Crippen molar-refractivity contribution < 1.29 is 9.53 Å². The molecule has 0 N–H and O–H groups in total. The predicted octanol–water partition coefficient (Wildman–Crippen LogP) is 2.29. The van der Waals surface area contributed by atoms with E-state index in [2.05, 4.69) is 41.0 Å². The first-order chi connectivity index (χ1) is 11.7. The third kappa shape index (κ3) is 2.98. The number of morpholine rings is 1. The van der Waals surface area contributed by atoms with Crippen LogP contribution in [0.15, 0.2) is 24.3 Å². The third-order valence-corrected chi connectivity index (χ3v) is 6.07. The summed E-state index contributed by atoms with van der Waals surface area (Å²) in [6.07, 6.45) is 3.25. The van der Waals surface area contributed by atoms with Crippen molar-refractivity contribution >= 4 is 5.91 Å².